The fourth-order valence-electron chi connectivity index (χ4n) is 5.12. The molecule has 6 heteroatoms. The third kappa shape index (κ3) is 11.6. The van der Waals surface area contributed by atoms with Gasteiger partial charge < -0.3 is 20.3 Å². The number of amides is 2. The van der Waals surface area contributed by atoms with Crippen molar-refractivity contribution in [3.05, 3.63) is 36.0 Å². The summed E-state index contributed by atoms with van der Waals surface area (Å²) in [6.45, 7) is 4.36. The molecule has 0 bridgehead atoms. The van der Waals surface area contributed by atoms with E-state index in [-0.39, 0.29) is 11.8 Å². The van der Waals surface area contributed by atoms with E-state index < -0.39 is 12.1 Å². The quantitative estimate of drug-likeness (QED) is 0.152. The first kappa shape index (κ1) is 31.9. The van der Waals surface area contributed by atoms with Gasteiger partial charge in [0.15, 0.2) is 0 Å². The molecule has 1 aromatic heterocycles. The first-order chi connectivity index (χ1) is 18.5. The summed E-state index contributed by atoms with van der Waals surface area (Å²) in [7, 11) is 1.83. The molecular weight excluding hydrogens is 474 g/mol. The van der Waals surface area contributed by atoms with Crippen LogP contribution in [0.1, 0.15) is 127 Å². The maximum atomic E-state index is 12.9. The molecule has 2 rings (SSSR count). The lowest BCUT2D eigenvalue weighted by Crippen LogP contribution is -2.52. The molecule has 1 heterocycles. The smallest absolute Gasteiger partial charge is 0.268 e. The topological polar surface area (TPSA) is 83.4 Å². The number of fused-ring (bicyclic) bond motifs is 1. The van der Waals surface area contributed by atoms with Crippen LogP contribution in [0.4, 0.5) is 0 Å². The maximum Gasteiger partial charge on any atom is 0.268 e. The zero-order chi connectivity index (χ0) is 27.6. The van der Waals surface area contributed by atoms with Crippen LogP contribution in [0.2, 0.25) is 0 Å². The standard InChI is InChI=1S/C32H53N3O3/c1-4-5-6-7-8-9-10-11-12-13-14-15-16-17-18-21-24-33-32(38)30(26(2)36)34-31(37)29-25-27-22-19-20-23-28(27)35(29)3/h19-20,22-23,25-26,30,36H,4-18,21,24H2,1-3H3,(H,33,38)(H,34,37)/t26-,30+/m1/s1. The molecule has 0 saturated heterocycles. The number of nitrogens with zero attached hydrogens (tertiary/aromatic N) is 1. The number of rotatable bonds is 21. The maximum absolute atomic E-state index is 12.9. The Hall–Kier alpha value is -2.34. The molecule has 2 aromatic rings. The second-order valence-corrected chi connectivity index (χ2v) is 10.9. The van der Waals surface area contributed by atoms with Gasteiger partial charge in [-0.05, 0) is 25.5 Å². The van der Waals surface area contributed by atoms with Gasteiger partial charge in [0, 0.05) is 24.5 Å². The highest BCUT2D eigenvalue weighted by Crippen LogP contribution is 2.18. The second-order valence-electron chi connectivity index (χ2n) is 10.9. The molecule has 0 radical (unpaired) electrons. The number of hydrogen-bond donors (Lipinski definition) is 3. The fourth-order valence-corrected chi connectivity index (χ4v) is 5.12. The van der Waals surface area contributed by atoms with Gasteiger partial charge in [-0.25, -0.2) is 0 Å². The Labute approximate surface area is 231 Å². The lowest BCUT2D eigenvalue weighted by Gasteiger charge is -2.21. The molecule has 1 aromatic carbocycles. The third-order valence-electron chi connectivity index (χ3n) is 7.57. The summed E-state index contributed by atoms with van der Waals surface area (Å²) in [6, 6.07) is 8.56. The molecule has 0 aliphatic carbocycles. The minimum Gasteiger partial charge on any atom is -0.391 e. The predicted octanol–water partition coefficient (Wildman–Crippen LogP) is 7.04. The number of nitrogens with one attached hydrogen (secondary N) is 2. The molecule has 2 atom stereocenters. The summed E-state index contributed by atoms with van der Waals surface area (Å²) in [6.07, 6.45) is 20.0. The van der Waals surface area contributed by atoms with Crippen LogP contribution in [0.3, 0.4) is 0 Å². The molecule has 2 amide bonds. The molecule has 0 spiro atoms. The largest absolute Gasteiger partial charge is 0.391 e. The van der Waals surface area contributed by atoms with Crippen LogP contribution in [-0.2, 0) is 11.8 Å². The van der Waals surface area contributed by atoms with Crippen molar-refractivity contribution < 1.29 is 14.7 Å². The Morgan fingerprint density at radius 3 is 1.82 bits per heavy atom. The van der Waals surface area contributed by atoms with E-state index in [4.69, 9.17) is 0 Å². The van der Waals surface area contributed by atoms with Gasteiger partial charge in [0.1, 0.15) is 11.7 Å². The van der Waals surface area contributed by atoms with Crippen molar-refractivity contribution in [3.63, 3.8) is 0 Å². The summed E-state index contributed by atoms with van der Waals surface area (Å²) in [5.41, 5.74) is 1.40. The average Bonchev–Trinajstić information content (AvgIpc) is 3.25. The van der Waals surface area contributed by atoms with E-state index in [0.717, 1.165) is 23.7 Å². The number of aryl methyl sites for hydroxylation is 1. The van der Waals surface area contributed by atoms with Gasteiger partial charge in [0.05, 0.1) is 6.10 Å². The number of aliphatic hydroxyl groups excluding tert-OH is 1. The van der Waals surface area contributed by atoms with E-state index in [0.29, 0.717) is 12.2 Å². The number of hydrogen-bond acceptors (Lipinski definition) is 3. The van der Waals surface area contributed by atoms with Crippen molar-refractivity contribution in [2.75, 3.05) is 6.54 Å². The molecule has 214 valence electrons. The predicted molar refractivity (Wildman–Crippen MR) is 158 cm³/mol. The summed E-state index contributed by atoms with van der Waals surface area (Å²) < 4.78 is 1.80. The fraction of sp³-hybridized carbons (Fsp3) is 0.688. The first-order valence-corrected chi connectivity index (χ1v) is 15.3. The second kappa shape index (κ2) is 18.8. The molecule has 3 N–H and O–H groups in total. The van der Waals surface area contributed by atoms with Crippen molar-refractivity contribution in [2.45, 2.75) is 129 Å². The summed E-state index contributed by atoms with van der Waals surface area (Å²) in [5, 5.41) is 16.7. The normalized spacial score (nSPS) is 12.9. The lowest BCUT2D eigenvalue weighted by molar-refractivity contribution is -0.125. The number of carbonyl (C=O) groups is 2. The van der Waals surface area contributed by atoms with Crippen molar-refractivity contribution in [3.8, 4) is 0 Å². The SMILES string of the molecule is CCCCCCCCCCCCCCCCCCNC(=O)[C@@H](NC(=O)c1cc2ccccc2n1C)[C@@H](C)O. The summed E-state index contributed by atoms with van der Waals surface area (Å²) >= 11 is 0. The van der Waals surface area contributed by atoms with Crippen LogP contribution in [0.5, 0.6) is 0 Å². The van der Waals surface area contributed by atoms with E-state index >= 15 is 0 Å². The van der Waals surface area contributed by atoms with Crippen LogP contribution >= 0.6 is 0 Å². The average molecular weight is 528 g/mol. The number of para-hydroxylation sites is 1. The van der Waals surface area contributed by atoms with Crippen LogP contribution in [0, 0.1) is 0 Å². The third-order valence-corrected chi connectivity index (χ3v) is 7.57. The number of aromatic nitrogens is 1. The van der Waals surface area contributed by atoms with Crippen molar-refractivity contribution in [1.29, 1.82) is 0 Å². The van der Waals surface area contributed by atoms with E-state index in [1.807, 2.05) is 31.3 Å². The molecule has 0 fully saturated rings. The zero-order valence-corrected chi connectivity index (χ0v) is 24.3. The Morgan fingerprint density at radius 1 is 0.816 bits per heavy atom. The Bertz CT molecular complexity index is 937. The van der Waals surface area contributed by atoms with Gasteiger partial charge in [-0.15, -0.1) is 0 Å². The molecule has 0 aliphatic rings. The summed E-state index contributed by atoms with van der Waals surface area (Å²) in [5.74, 6) is -0.708. The van der Waals surface area contributed by atoms with Gasteiger partial charge in [-0.1, -0.05) is 121 Å². The molecular formula is C32H53N3O3. The van der Waals surface area contributed by atoms with Crippen molar-refractivity contribution in [1.82, 2.24) is 15.2 Å². The molecule has 38 heavy (non-hydrogen) atoms. The minimum absolute atomic E-state index is 0.340. The molecule has 0 unspecified atom stereocenters. The number of unbranched alkanes of at least 4 members (excludes halogenated alkanes) is 15. The zero-order valence-electron chi connectivity index (χ0n) is 24.3. The van der Waals surface area contributed by atoms with Gasteiger partial charge in [-0.2, -0.15) is 0 Å². The highest BCUT2D eigenvalue weighted by molar-refractivity contribution is 6.00. The number of carbonyl (C=O) groups excluding carboxylic acids is 2. The van der Waals surface area contributed by atoms with Crippen LogP contribution in [0.15, 0.2) is 30.3 Å². The van der Waals surface area contributed by atoms with E-state index in [1.165, 1.54) is 96.8 Å². The van der Waals surface area contributed by atoms with E-state index in [2.05, 4.69) is 17.6 Å². The van der Waals surface area contributed by atoms with Crippen LogP contribution in [-0.4, -0.2) is 40.2 Å². The first-order valence-electron chi connectivity index (χ1n) is 15.3. The minimum atomic E-state index is -0.987. The summed E-state index contributed by atoms with van der Waals surface area (Å²) in [4.78, 5) is 25.5. The van der Waals surface area contributed by atoms with Gasteiger partial charge in [0.2, 0.25) is 5.91 Å². The highest BCUT2D eigenvalue weighted by atomic mass is 16.3. The molecule has 6 nitrogen and oxygen atoms in total. The van der Waals surface area contributed by atoms with Crippen LogP contribution < -0.4 is 10.6 Å². The van der Waals surface area contributed by atoms with Gasteiger partial charge in [0.25, 0.3) is 5.91 Å². The van der Waals surface area contributed by atoms with Crippen molar-refractivity contribution in [2.24, 2.45) is 7.05 Å². The Balaban J connectivity index is 1.52. The monoisotopic (exact) mass is 527 g/mol. The lowest BCUT2D eigenvalue weighted by atomic mass is 10.0. The molecule has 0 saturated carbocycles. The van der Waals surface area contributed by atoms with E-state index in [9.17, 15) is 14.7 Å². The van der Waals surface area contributed by atoms with E-state index in [1.54, 1.807) is 10.6 Å². The number of aliphatic hydroxyl groups is 1. The highest BCUT2D eigenvalue weighted by Gasteiger charge is 2.27. The Kier molecular flexibility index (Phi) is 15.8. The van der Waals surface area contributed by atoms with Crippen LogP contribution in [0.25, 0.3) is 10.9 Å². The van der Waals surface area contributed by atoms with Crippen molar-refractivity contribution >= 4 is 22.7 Å². The Morgan fingerprint density at radius 2 is 1.32 bits per heavy atom. The van der Waals surface area contributed by atoms with Gasteiger partial charge >= 0.3 is 0 Å². The van der Waals surface area contributed by atoms with Gasteiger partial charge in [-0.3, -0.25) is 9.59 Å². The molecule has 0 aliphatic heterocycles. The number of benzene rings is 1.